The van der Waals surface area contributed by atoms with Crippen LogP contribution in [0.4, 0.5) is 4.39 Å². The molecule has 1 aromatic carbocycles. The largest absolute Gasteiger partial charge is 0.305 e. The highest BCUT2D eigenvalue weighted by Gasteiger charge is 2.06. The van der Waals surface area contributed by atoms with Crippen molar-refractivity contribution in [2.75, 3.05) is 0 Å². The van der Waals surface area contributed by atoms with Crippen molar-refractivity contribution >= 4 is 30.2 Å². The molecule has 1 N–H and O–H groups in total. The minimum absolute atomic E-state index is 0. The topological polar surface area (TPSA) is 24.4 Å². The molecule has 0 atom stereocenters. The van der Waals surface area contributed by atoms with Crippen molar-refractivity contribution in [1.82, 2.24) is 5.43 Å². The highest BCUT2D eigenvalue weighted by Crippen LogP contribution is 2.14. The van der Waals surface area contributed by atoms with E-state index in [4.69, 9.17) is 11.6 Å². The number of nitrogens with one attached hydrogen (secondary N) is 1. The Labute approximate surface area is 106 Å². The minimum atomic E-state index is -0.323. The fourth-order valence-corrected chi connectivity index (χ4v) is 1.08. The molecule has 0 saturated heterocycles. The summed E-state index contributed by atoms with van der Waals surface area (Å²) in [5, 5.41) is 4.47. The Hall–Kier alpha value is -0.800. The molecule has 0 aromatic heterocycles. The highest BCUT2D eigenvalue weighted by atomic mass is 35.5. The number of benzene rings is 1. The molecule has 2 nitrogen and oxygen atoms in total. The van der Waals surface area contributed by atoms with Crippen molar-refractivity contribution in [2.45, 2.75) is 26.3 Å². The van der Waals surface area contributed by atoms with Crippen LogP contribution in [0.5, 0.6) is 0 Å². The Balaban J connectivity index is 0.00000225. The van der Waals surface area contributed by atoms with Gasteiger partial charge in [-0.1, -0.05) is 11.6 Å². The number of rotatable bonds is 2. The van der Waals surface area contributed by atoms with Crippen molar-refractivity contribution in [3.8, 4) is 0 Å². The monoisotopic (exact) mass is 264 g/mol. The molecule has 0 unspecified atom stereocenters. The fraction of sp³-hybridized carbons (Fsp3) is 0.364. The summed E-state index contributed by atoms with van der Waals surface area (Å²) in [6, 6.07) is 4.17. The summed E-state index contributed by atoms with van der Waals surface area (Å²) in [6.07, 6.45) is 1.51. The molecule has 0 saturated carbocycles. The molecule has 16 heavy (non-hydrogen) atoms. The first-order valence-corrected chi connectivity index (χ1v) is 5.01. The zero-order valence-electron chi connectivity index (χ0n) is 9.42. The van der Waals surface area contributed by atoms with Crippen LogP contribution in [0, 0.1) is 5.82 Å². The zero-order chi connectivity index (χ0) is 11.5. The van der Waals surface area contributed by atoms with Gasteiger partial charge in [0.25, 0.3) is 0 Å². The molecule has 0 aliphatic rings. The highest BCUT2D eigenvalue weighted by molar-refractivity contribution is 6.33. The van der Waals surface area contributed by atoms with Gasteiger partial charge >= 0.3 is 0 Å². The molecule has 0 aliphatic carbocycles. The van der Waals surface area contributed by atoms with E-state index in [2.05, 4.69) is 10.5 Å². The van der Waals surface area contributed by atoms with Crippen molar-refractivity contribution in [3.05, 3.63) is 34.6 Å². The van der Waals surface area contributed by atoms with Gasteiger partial charge in [0.05, 0.1) is 6.21 Å². The average molecular weight is 265 g/mol. The van der Waals surface area contributed by atoms with Gasteiger partial charge in [-0.3, -0.25) is 0 Å². The van der Waals surface area contributed by atoms with E-state index in [-0.39, 0.29) is 23.8 Å². The second-order valence-corrected chi connectivity index (χ2v) is 4.69. The third-order valence-corrected chi connectivity index (χ3v) is 1.91. The maximum Gasteiger partial charge on any atom is 0.123 e. The summed E-state index contributed by atoms with van der Waals surface area (Å²) in [7, 11) is 0. The molecule has 0 heterocycles. The number of hydrazone groups is 1. The van der Waals surface area contributed by atoms with Crippen LogP contribution in [0.1, 0.15) is 26.3 Å². The maximum absolute atomic E-state index is 12.9. The Morgan fingerprint density at radius 1 is 1.38 bits per heavy atom. The SMILES string of the molecule is CC(C)(C)NN=Cc1cc(F)ccc1Cl.Cl. The van der Waals surface area contributed by atoms with E-state index in [1.807, 2.05) is 20.8 Å². The molecule has 90 valence electrons. The number of hydrogen-bond donors (Lipinski definition) is 1. The van der Waals surface area contributed by atoms with Crippen molar-refractivity contribution in [2.24, 2.45) is 5.10 Å². The molecule has 0 aliphatic heterocycles. The Kier molecular flexibility index (Phi) is 5.76. The van der Waals surface area contributed by atoms with E-state index in [1.54, 1.807) is 0 Å². The van der Waals surface area contributed by atoms with Crippen LogP contribution >= 0.6 is 24.0 Å². The molecule has 5 heteroatoms. The van der Waals surface area contributed by atoms with Gasteiger partial charge in [-0.15, -0.1) is 12.4 Å². The summed E-state index contributed by atoms with van der Waals surface area (Å²) in [4.78, 5) is 0. The van der Waals surface area contributed by atoms with E-state index in [9.17, 15) is 4.39 Å². The molecule has 0 fully saturated rings. The van der Waals surface area contributed by atoms with E-state index in [0.29, 0.717) is 10.6 Å². The molecular formula is C11H15Cl2FN2. The van der Waals surface area contributed by atoms with Gasteiger partial charge in [-0.2, -0.15) is 5.10 Å². The summed E-state index contributed by atoms with van der Waals surface area (Å²) >= 11 is 5.86. The van der Waals surface area contributed by atoms with Gasteiger partial charge in [-0.05, 0) is 39.0 Å². The minimum Gasteiger partial charge on any atom is -0.305 e. The van der Waals surface area contributed by atoms with Gasteiger partial charge in [0.15, 0.2) is 0 Å². The predicted molar refractivity (Wildman–Crippen MR) is 69.1 cm³/mol. The van der Waals surface area contributed by atoms with Crippen LogP contribution in [-0.4, -0.2) is 11.8 Å². The second kappa shape index (κ2) is 6.06. The third-order valence-electron chi connectivity index (χ3n) is 1.56. The first kappa shape index (κ1) is 15.2. The molecule has 0 bridgehead atoms. The normalized spacial score (nSPS) is 11.3. The maximum atomic E-state index is 12.9. The van der Waals surface area contributed by atoms with Crippen LogP contribution in [0.25, 0.3) is 0 Å². The summed E-state index contributed by atoms with van der Waals surface area (Å²) in [6.45, 7) is 5.95. The van der Waals surface area contributed by atoms with Crippen LogP contribution in [0.3, 0.4) is 0 Å². The lowest BCUT2D eigenvalue weighted by Crippen LogP contribution is -2.31. The van der Waals surface area contributed by atoms with Gasteiger partial charge in [0, 0.05) is 16.1 Å². The van der Waals surface area contributed by atoms with Crippen molar-refractivity contribution in [1.29, 1.82) is 0 Å². The van der Waals surface area contributed by atoms with E-state index < -0.39 is 0 Å². The quantitative estimate of drug-likeness (QED) is 0.641. The van der Waals surface area contributed by atoms with E-state index >= 15 is 0 Å². The summed E-state index contributed by atoms with van der Waals surface area (Å²) < 4.78 is 12.9. The Morgan fingerprint density at radius 2 is 2.00 bits per heavy atom. The summed E-state index contributed by atoms with van der Waals surface area (Å²) in [5.41, 5.74) is 3.35. The van der Waals surface area contributed by atoms with Gasteiger partial charge in [0.2, 0.25) is 0 Å². The molecule has 0 spiro atoms. The Bertz CT molecular complexity index is 373. The summed E-state index contributed by atoms with van der Waals surface area (Å²) in [5.74, 6) is -0.323. The lowest BCUT2D eigenvalue weighted by molar-refractivity contribution is 0.442. The standard InChI is InChI=1S/C11H14ClFN2.ClH/c1-11(2,3)15-14-7-8-6-9(13)4-5-10(8)12;/h4-7,15H,1-3H3;1H. The van der Waals surface area contributed by atoms with E-state index in [0.717, 1.165) is 0 Å². The lowest BCUT2D eigenvalue weighted by Gasteiger charge is -2.17. The first-order valence-electron chi connectivity index (χ1n) is 4.64. The molecular weight excluding hydrogens is 250 g/mol. The number of nitrogens with zero attached hydrogens (tertiary/aromatic N) is 1. The zero-order valence-corrected chi connectivity index (χ0v) is 11.0. The molecule has 1 rings (SSSR count). The van der Waals surface area contributed by atoms with Crippen LogP contribution in [0.15, 0.2) is 23.3 Å². The van der Waals surface area contributed by atoms with Crippen molar-refractivity contribution in [3.63, 3.8) is 0 Å². The molecule has 1 aromatic rings. The number of halogens is 3. The fourth-order valence-electron chi connectivity index (χ4n) is 0.909. The smallest absolute Gasteiger partial charge is 0.123 e. The van der Waals surface area contributed by atoms with Crippen LogP contribution in [-0.2, 0) is 0 Å². The van der Waals surface area contributed by atoms with Gasteiger partial charge in [0.1, 0.15) is 5.82 Å². The van der Waals surface area contributed by atoms with Gasteiger partial charge < -0.3 is 5.43 Å². The Morgan fingerprint density at radius 3 is 2.56 bits per heavy atom. The average Bonchev–Trinajstić information content (AvgIpc) is 2.09. The lowest BCUT2D eigenvalue weighted by atomic mass is 10.1. The van der Waals surface area contributed by atoms with Crippen LogP contribution in [0.2, 0.25) is 5.02 Å². The molecule has 0 radical (unpaired) electrons. The van der Waals surface area contributed by atoms with Crippen molar-refractivity contribution < 1.29 is 4.39 Å². The van der Waals surface area contributed by atoms with E-state index in [1.165, 1.54) is 24.4 Å². The second-order valence-electron chi connectivity index (χ2n) is 4.29. The first-order chi connectivity index (χ1) is 6.88. The predicted octanol–water partition coefficient (Wildman–Crippen LogP) is 3.62. The van der Waals surface area contributed by atoms with Gasteiger partial charge in [-0.25, -0.2) is 4.39 Å². The molecule has 0 amide bonds. The van der Waals surface area contributed by atoms with Crippen LogP contribution < -0.4 is 5.43 Å². The third kappa shape index (κ3) is 5.33. The number of hydrogen-bond acceptors (Lipinski definition) is 2.